The molecule has 0 spiro atoms. The second kappa shape index (κ2) is 6.25. The fourth-order valence-corrected chi connectivity index (χ4v) is 3.56. The molecule has 6 heteroatoms. The maximum Gasteiger partial charge on any atom is 0.184 e. The summed E-state index contributed by atoms with van der Waals surface area (Å²) in [6.45, 7) is 5.98. The Labute approximate surface area is 155 Å². The van der Waals surface area contributed by atoms with Gasteiger partial charge in [-0.3, -0.25) is 0 Å². The lowest BCUT2D eigenvalue weighted by Crippen LogP contribution is -2.31. The molecule has 1 heterocycles. The van der Waals surface area contributed by atoms with Gasteiger partial charge < -0.3 is 9.47 Å². The molecule has 2 atom stereocenters. The summed E-state index contributed by atoms with van der Waals surface area (Å²) in [6, 6.07) is 6.19. The summed E-state index contributed by atoms with van der Waals surface area (Å²) in [5.41, 5.74) is 3.30. The average molecular weight is 392 g/mol. The molecule has 3 rings (SSSR count). The summed E-state index contributed by atoms with van der Waals surface area (Å²) >= 11 is 24.7. The summed E-state index contributed by atoms with van der Waals surface area (Å²) in [5.74, 6) is 0.662. The van der Waals surface area contributed by atoms with Crippen molar-refractivity contribution in [2.45, 2.75) is 33.0 Å². The zero-order chi connectivity index (χ0) is 16.9. The second-order valence-electron chi connectivity index (χ2n) is 5.64. The maximum atomic E-state index is 6.28. The molecule has 0 fully saturated rings. The van der Waals surface area contributed by atoms with Gasteiger partial charge in [0.2, 0.25) is 0 Å². The first-order valence-electron chi connectivity index (χ1n) is 7.07. The predicted molar refractivity (Wildman–Crippen MR) is 95.9 cm³/mol. The predicted octanol–water partition coefficient (Wildman–Crippen LogP) is 6.82. The van der Waals surface area contributed by atoms with Crippen molar-refractivity contribution in [3.8, 4) is 11.5 Å². The van der Waals surface area contributed by atoms with Crippen LogP contribution in [0.1, 0.15) is 29.7 Å². The first-order chi connectivity index (χ1) is 10.8. The van der Waals surface area contributed by atoms with Gasteiger partial charge in [-0.2, -0.15) is 0 Å². The monoisotopic (exact) mass is 390 g/mol. The maximum absolute atomic E-state index is 6.28. The molecule has 0 radical (unpaired) electrons. The summed E-state index contributed by atoms with van der Waals surface area (Å²) in [6.07, 6.45) is -0.568. The van der Waals surface area contributed by atoms with Crippen LogP contribution < -0.4 is 9.47 Å². The van der Waals surface area contributed by atoms with Crippen LogP contribution in [0.4, 0.5) is 0 Å². The van der Waals surface area contributed by atoms with Gasteiger partial charge in [-0.15, -0.1) is 0 Å². The molecule has 0 unspecified atom stereocenters. The van der Waals surface area contributed by atoms with Crippen molar-refractivity contribution < 1.29 is 9.47 Å². The van der Waals surface area contributed by atoms with Gasteiger partial charge in [-0.05, 0) is 31.9 Å². The topological polar surface area (TPSA) is 18.5 Å². The summed E-state index contributed by atoms with van der Waals surface area (Å²) in [4.78, 5) is 0. The van der Waals surface area contributed by atoms with Crippen molar-refractivity contribution in [3.63, 3.8) is 0 Å². The number of hydrogen-bond acceptors (Lipinski definition) is 2. The van der Waals surface area contributed by atoms with Gasteiger partial charge in [0.25, 0.3) is 0 Å². The zero-order valence-electron chi connectivity index (χ0n) is 12.7. The van der Waals surface area contributed by atoms with Crippen molar-refractivity contribution >= 4 is 46.4 Å². The Hall–Kier alpha value is -0.800. The molecule has 0 N–H and O–H groups in total. The van der Waals surface area contributed by atoms with Gasteiger partial charge in [0.15, 0.2) is 17.6 Å². The number of aryl methyl sites for hydroxylation is 2. The largest absolute Gasteiger partial charge is 0.481 e. The van der Waals surface area contributed by atoms with Crippen LogP contribution in [-0.4, -0.2) is 6.10 Å². The molecule has 122 valence electrons. The van der Waals surface area contributed by atoms with E-state index in [1.54, 1.807) is 0 Å². The van der Waals surface area contributed by atoms with Crippen LogP contribution in [0, 0.1) is 13.8 Å². The van der Waals surface area contributed by atoms with E-state index in [1.165, 1.54) is 0 Å². The van der Waals surface area contributed by atoms with E-state index in [0.29, 0.717) is 11.5 Å². The normalized spacial score (nSPS) is 19.8. The lowest BCUT2D eigenvalue weighted by atomic mass is 9.97. The lowest BCUT2D eigenvalue weighted by Gasteiger charge is -2.34. The highest BCUT2D eigenvalue weighted by atomic mass is 35.5. The van der Waals surface area contributed by atoms with Crippen LogP contribution in [0.5, 0.6) is 11.5 Å². The molecule has 0 bridgehead atoms. The van der Waals surface area contributed by atoms with E-state index in [4.69, 9.17) is 55.9 Å². The smallest absolute Gasteiger partial charge is 0.184 e. The van der Waals surface area contributed by atoms with E-state index in [2.05, 4.69) is 18.2 Å². The number of ether oxygens (including phenoxy) is 2. The summed E-state index contributed by atoms with van der Waals surface area (Å²) < 4.78 is 12.1. The number of fused-ring (bicyclic) bond motifs is 1. The van der Waals surface area contributed by atoms with Crippen molar-refractivity contribution in [1.82, 2.24) is 0 Å². The van der Waals surface area contributed by atoms with Crippen LogP contribution in [0.3, 0.4) is 0 Å². The highest BCUT2D eigenvalue weighted by molar-refractivity contribution is 6.53. The average Bonchev–Trinajstić information content (AvgIpc) is 2.53. The quantitative estimate of drug-likeness (QED) is 0.392. The molecule has 1 aliphatic heterocycles. The number of rotatable bonds is 1. The van der Waals surface area contributed by atoms with E-state index >= 15 is 0 Å². The van der Waals surface area contributed by atoms with Crippen LogP contribution >= 0.6 is 46.4 Å². The van der Waals surface area contributed by atoms with Crippen molar-refractivity contribution in [2.75, 3.05) is 0 Å². The first kappa shape index (κ1) is 17.0. The molecule has 2 aromatic rings. The van der Waals surface area contributed by atoms with Gasteiger partial charge in [-0.25, -0.2) is 0 Å². The SMILES string of the molecule is Cc1ccc(C)c([C@H]2Oc3c(Cl)c(Cl)c(Cl)c(Cl)c3O[C@@H]2C)c1. The Morgan fingerprint density at radius 2 is 1.39 bits per heavy atom. The van der Waals surface area contributed by atoms with Gasteiger partial charge >= 0.3 is 0 Å². The van der Waals surface area contributed by atoms with Crippen LogP contribution in [-0.2, 0) is 0 Å². The molecule has 0 aromatic heterocycles. The van der Waals surface area contributed by atoms with Crippen molar-refractivity contribution in [2.24, 2.45) is 0 Å². The molecule has 1 aliphatic rings. The minimum atomic E-state index is -0.312. The third-order valence-electron chi connectivity index (χ3n) is 3.90. The Balaban J connectivity index is 2.12. The van der Waals surface area contributed by atoms with Crippen LogP contribution in [0.15, 0.2) is 18.2 Å². The number of benzene rings is 2. The minimum absolute atomic E-state index is 0.162. The fourth-order valence-electron chi connectivity index (χ4n) is 2.66. The van der Waals surface area contributed by atoms with Gasteiger partial charge in [-0.1, -0.05) is 70.2 Å². The lowest BCUT2D eigenvalue weighted by molar-refractivity contribution is 0.0305. The van der Waals surface area contributed by atoms with Crippen molar-refractivity contribution in [1.29, 1.82) is 0 Å². The van der Waals surface area contributed by atoms with E-state index in [0.717, 1.165) is 16.7 Å². The molecule has 0 saturated heterocycles. The number of hydrogen-bond donors (Lipinski definition) is 0. The molecule has 0 saturated carbocycles. The van der Waals surface area contributed by atoms with Crippen LogP contribution in [0.2, 0.25) is 20.1 Å². The van der Waals surface area contributed by atoms with E-state index in [-0.39, 0.29) is 32.3 Å². The fraction of sp³-hybridized carbons (Fsp3) is 0.294. The van der Waals surface area contributed by atoms with Crippen LogP contribution in [0.25, 0.3) is 0 Å². The van der Waals surface area contributed by atoms with Gasteiger partial charge in [0, 0.05) is 0 Å². The van der Waals surface area contributed by atoms with E-state index in [9.17, 15) is 0 Å². The highest BCUT2D eigenvalue weighted by Gasteiger charge is 2.35. The molecular formula is C17H14Cl4O2. The highest BCUT2D eigenvalue weighted by Crippen LogP contribution is 2.54. The molecular weight excluding hydrogens is 378 g/mol. The minimum Gasteiger partial charge on any atom is -0.481 e. The van der Waals surface area contributed by atoms with Gasteiger partial charge in [0.1, 0.15) is 16.1 Å². The summed E-state index contributed by atoms with van der Waals surface area (Å²) in [5, 5.41) is 0.744. The first-order valence-corrected chi connectivity index (χ1v) is 8.58. The molecule has 2 nitrogen and oxygen atoms in total. The van der Waals surface area contributed by atoms with Gasteiger partial charge in [0.05, 0.1) is 10.0 Å². The zero-order valence-corrected chi connectivity index (χ0v) is 15.7. The molecule has 0 aliphatic carbocycles. The van der Waals surface area contributed by atoms with E-state index in [1.807, 2.05) is 20.8 Å². The third kappa shape index (κ3) is 2.87. The standard InChI is InChI=1S/C17H14Cl4O2/c1-7-4-5-8(2)10(6-7)15-9(3)22-16-13(20)11(18)12(19)14(21)17(16)23-15/h4-6,9,15H,1-3H3/t9-,15+/m1/s1. The van der Waals surface area contributed by atoms with E-state index < -0.39 is 0 Å². The second-order valence-corrected chi connectivity index (χ2v) is 7.15. The number of halogens is 4. The Bertz CT molecular complexity index is 789. The molecule has 0 amide bonds. The Morgan fingerprint density at radius 1 is 0.826 bits per heavy atom. The molecule has 2 aromatic carbocycles. The van der Waals surface area contributed by atoms with Crippen molar-refractivity contribution in [3.05, 3.63) is 55.0 Å². The Morgan fingerprint density at radius 3 is 2.00 bits per heavy atom. The molecule has 23 heavy (non-hydrogen) atoms. The Kier molecular flexibility index (Phi) is 4.63. The summed E-state index contributed by atoms with van der Waals surface area (Å²) in [7, 11) is 0. The third-order valence-corrected chi connectivity index (χ3v) is 5.67.